The van der Waals surface area contributed by atoms with Crippen molar-refractivity contribution in [2.24, 2.45) is 0 Å². The molecule has 7 aromatic rings. The number of nitrogens with zero attached hydrogens (tertiary/aromatic N) is 8. The molecule has 0 spiro atoms. The number of hydrogen-bond donors (Lipinski definition) is 4. The van der Waals surface area contributed by atoms with E-state index in [1.165, 1.54) is 60.9 Å². The molecule has 7 heterocycles. The molecule has 4 N–H and O–H groups in total. The van der Waals surface area contributed by atoms with E-state index in [1.54, 1.807) is 38.1 Å². The van der Waals surface area contributed by atoms with Gasteiger partial charge in [-0.05, 0) is 137 Å². The van der Waals surface area contributed by atoms with Gasteiger partial charge in [0.1, 0.15) is 0 Å². The maximum absolute atomic E-state index is 13.7. The van der Waals surface area contributed by atoms with Crippen molar-refractivity contribution in [1.29, 1.82) is 0 Å². The number of carbonyl (C=O) groups excluding carboxylic acids is 2. The van der Waals surface area contributed by atoms with E-state index >= 15 is 0 Å². The summed E-state index contributed by atoms with van der Waals surface area (Å²) >= 11 is 0. The number of sulfonamides is 2. The Balaban J connectivity index is 0.00000441. The first kappa shape index (κ1) is 57.6. The van der Waals surface area contributed by atoms with Crippen molar-refractivity contribution < 1.29 is 55.9 Å². The summed E-state index contributed by atoms with van der Waals surface area (Å²) in [7, 11) is -8.01. The van der Waals surface area contributed by atoms with E-state index in [0.29, 0.717) is 67.6 Å². The predicted molar refractivity (Wildman–Crippen MR) is 297 cm³/mol. The number of nitrogens with one attached hydrogen (secondary N) is 4. The second-order valence-corrected chi connectivity index (χ2v) is 21.6. The van der Waals surface area contributed by atoms with Gasteiger partial charge in [0.05, 0.1) is 32.6 Å². The molecule has 78 heavy (non-hydrogen) atoms. The molecule has 9 rings (SSSR count). The van der Waals surface area contributed by atoms with Gasteiger partial charge in [-0.2, -0.15) is 0 Å². The Bertz CT molecular complexity index is 4030. The van der Waals surface area contributed by atoms with Crippen LogP contribution >= 0.6 is 0 Å². The van der Waals surface area contributed by atoms with Gasteiger partial charge < -0.3 is 33.0 Å². The average molecular weight is 1140 g/mol. The fourth-order valence-corrected chi connectivity index (χ4v) is 10.8. The molecule has 0 saturated carbocycles. The molecule has 5 aromatic heterocycles. The molecule has 0 fully saturated rings. The van der Waals surface area contributed by atoms with Crippen LogP contribution in [-0.2, 0) is 53.1 Å². The zero-order chi connectivity index (χ0) is 54.1. The van der Waals surface area contributed by atoms with E-state index in [9.17, 15) is 26.4 Å². The average Bonchev–Trinajstić information content (AvgIpc) is 4.08. The van der Waals surface area contributed by atoms with E-state index in [0.717, 1.165) is 44.5 Å². The monoisotopic (exact) mass is 1140 g/mol. The summed E-state index contributed by atoms with van der Waals surface area (Å²) in [6.07, 6.45) is 7.11. The molecule has 0 atom stereocenters. The number of rotatable bonds is 16. The van der Waals surface area contributed by atoms with E-state index in [4.69, 9.17) is 19.9 Å². The first-order chi connectivity index (χ1) is 36.3. The number of allylic oxidation sites excluding steroid dienone is 5. The first-order valence-electron chi connectivity index (χ1n) is 24.0. The van der Waals surface area contributed by atoms with Crippen LogP contribution in [0.5, 0.6) is 0 Å². The number of aryl methyl sites for hydroxylation is 5. The fraction of sp³-hybridized carbons (Fsp3) is 0.179. The van der Waals surface area contributed by atoms with Crippen LogP contribution < -0.4 is 42.5 Å². The zero-order valence-corrected chi connectivity index (χ0v) is 46.7. The molecule has 2 amide bonds. The molecule has 1 radical (unpaired) electrons. The van der Waals surface area contributed by atoms with Crippen LogP contribution in [0, 0.1) is 27.7 Å². The number of benzene rings is 2. The summed E-state index contributed by atoms with van der Waals surface area (Å²) < 4.78 is 57.1. The number of fused-ring (bicyclic) bond motifs is 8. The summed E-state index contributed by atoms with van der Waals surface area (Å²) in [4.78, 5) is 63.9. The second-order valence-electron chi connectivity index (χ2n) is 18.2. The van der Waals surface area contributed by atoms with Gasteiger partial charge in [-0.3, -0.25) is 9.59 Å². The van der Waals surface area contributed by atoms with Crippen LogP contribution in [0.25, 0.3) is 50.4 Å². The van der Waals surface area contributed by atoms with Crippen molar-refractivity contribution >= 4 is 106 Å². The molecule has 2 aliphatic heterocycles. The summed E-state index contributed by atoms with van der Waals surface area (Å²) in [5.74, 6) is -0.734. The molecule has 18 nitrogen and oxygen atoms in total. The number of anilines is 4. The number of carbonyl (C=O) groups is 2. The van der Waals surface area contributed by atoms with Crippen LogP contribution in [0.3, 0.4) is 0 Å². The molecule has 0 unspecified atom stereocenters. The molecule has 399 valence electrons. The molecule has 2 aromatic carbocycles. The normalized spacial score (nSPS) is 12.3. The predicted octanol–water partition coefficient (Wildman–Crippen LogP) is 6.67. The van der Waals surface area contributed by atoms with Gasteiger partial charge >= 0.3 is 17.1 Å². The number of halogens is 1. The number of aromatic nitrogens is 8. The molecule has 8 bridgehead atoms. The third kappa shape index (κ3) is 12.5. The maximum Gasteiger partial charge on any atom is 3.00 e. The maximum atomic E-state index is 13.7. The Labute approximate surface area is 468 Å². The van der Waals surface area contributed by atoms with Gasteiger partial charge in [0, 0.05) is 53.6 Å². The Morgan fingerprint density at radius 1 is 0.551 bits per heavy atom. The van der Waals surface area contributed by atoms with Gasteiger partial charge in [0.25, 0.3) is 20.0 Å². The Morgan fingerprint density at radius 2 is 1.01 bits per heavy atom. The minimum atomic E-state index is -4.01. The molecular formula is C56H52ClFeN12O6S2. The SMILES string of the molecule is C=CC1=C(C)c2cc3[n-]c(cc4nc(cc5[n-]c(cc1n2)c(C)c5CCC(=O)Nc1ccc(S(=O)(=O)Nc2nccc(C)n2)cc1)C(CCC(=O)Nc1ccc(S(=O)(=O)Nc2nccc(C)n2)cc1)=C4C)c(C)c3C=C.[Cl-].[Fe+3]. The molecule has 0 aliphatic carbocycles. The zero-order valence-electron chi connectivity index (χ0n) is 43.2. The largest absolute Gasteiger partial charge is 3.00 e. The Kier molecular flexibility index (Phi) is 17.5. The van der Waals surface area contributed by atoms with E-state index in [2.05, 4.69) is 53.2 Å². The van der Waals surface area contributed by atoms with Crippen LogP contribution in [0.15, 0.2) is 126 Å². The van der Waals surface area contributed by atoms with Gasteiger partial charge in [-0.15, -0.1) is 22.1 Å². The van der Waals surface area contributed by atoms with E-state index < -0.39 is 20.0 Å². The van der Waals surface area contributed by atoms with Crippen molar-refractivity contribution in [1.82, 2.24) is 39.9 Å². The van der Waals surface area contributed by atoms with Crippen LogP contribution in [0.1, 0.15) is 89.5 Å². The second kappa shape index (κ2) is 23.7. The first-order valence-corrected chi connectivity index (χ1v) is 27.0. The quantitative estimate of drug-likeness (QED) is 0.0738. The summed E-state index contributed by atoms with van der Waals surface area (Å²) in [6, 6.07) is 22.6. The third-order valence-corrected chi connectivity index (χ3v) is 15.7. The Morgan fingerprint density at radius 3 is 1.54 bits per heavy atom. The van der Waals surface area contributed by atoms with Crippen molar-refractivity contribution in [3.63, 3.8) is 0 Å². The van der Waals surface area contributed by atoms with Crippen molar-refractivity contribution in [3.8, 4) is 0 Å². The third-order valence-electron chi connectivity index (χ3n) is 13.0. The standard InChI is InChI=1S/C56H54N12O6S2.ClH.Fe/c1-9-41-33(5)45-27-46-35(7)43(19-21-53(69)61-37-11-15-39(16-12-37)75(71,72)67-55-57-25-23-31(3)59-55)51(65-46)30-52-44(36(8)48(66-52)29-50-42(10-2)34(6)47(64-50)28-49(41)63-45)20-22-54(70)62-38-13-17-40(18-14-38)76(73,74)68-56-58-26-24-32(4)60-56;;/h9-18,23-30H,1-2,19-22H2,3-8H3,(H6,57,58,59,60,61,62,63,64,65,66,67,68,69,70);1H;/q;;+3/p-3. The van der Waals surface area contributed by atoms with Crippen LogP contribution in [0.4, 0.5) is 23.3 Å². The van der Waals surface area contributed by atoms with Gasteiger partial charge in [0.15, 0.2) is 0 Å². The van der Waals surface area contributed by atoms with E-state index in [-0.39, 0.29) is 88.7 Å². The minimum Gasteiger partial charge on any atom is -1.00 e. The van der Waals surface area contributed by atoms with Gasteiger partial charge in [0.2, 0.25) is 23.7 Å². The summed E-state index contributed by atoms with van der Waals surface area (Å²) in [5, 5.41) is 5.78. The van der Waals surface area contributed by atoms with E-state index in [1.807, 2.05) is 52.0 Å². The Hall–Kier alpha value is -8.07. The number of amides is 2. The van der Waals surface area contributed by atoms with Crippen molar-refractivity contribution in [3.05, 3.63) is 173 Å². The molecular weight excluding hydrogens is 1090 g/mol. The number of hydrogen-bond acceptors (Lipinski definition) is 12. The molecule has 2 aliphatic rings. The topological polar surface area (TPSA) is 256 Å². The van der Waals surface area contributed by atoms with Crippen LogP contribution in [-0.4, -0.2) is 58.6 Å². The summed E-state index contributed by atoms with van der Waals surface area (Å²) in [6.45, 7) is 19.5. The summed E-state index contributed by atoms with van der Waals surface area (Å²) in [5.41, 5.74) is 13.9. The van der Waals surface area contributed by atoms with Crippen LogP contribution in [0.2, 0.25) is 0 Å². The smallest absolute Gasteiger partial charge is 1.00 e. The van der Waals surface area contributed by atoms with Gasteiger partial charge in [-0.25, -0.2) is 56.2 Å². The van der Waals surface area contributed by atoms with Crippen molar-refractivity contribution in [2.45, 2.75) is 77.0 Å². The minimum absolute atomic E-state index is 0. The molecule has 22 heteroatoms. The van der Waals surface area contributed by atoms with Gasteiger partial charge in [-0.1, -0.05) is 66.3 Å². The molecule has 0 saturated heterocycles. The fourth-order valence-electron chi connectivity index (χ4n) is 8.86. The van der Waals surface area contributed by atoms with Crippen molar-refractivity contribution in [2.75, 3.05) is 20.1 Å².